The highest BCUT2D eigenvalue weighted by Gasteiger charge is 2.29. The number of hydrogen-bond donors (Lipinski definition) is 0. The van der Waals surface area contributed by atoms with Crippen LogP contribution in [0.15, 0.2) is 30.3 Å². The zero-order chi connectivity index (χ0) is 12.9. The Kier molecular flexibility index (Phi) is 4.70. The average Bonchev–Trinajstić information content (AvgIpc) is 2.27. The smallest absolute Gasteiger partial charge is 0.307 e. The fraction of sp³-hybridized carbons (Fsp3) is 0.385. The van der Waals surface area contributed by atoms with Gasteiger partial charge in [0.15, 0.2) is 0 Å². The second kappa shape index (κ2) is 5.82. The molecule has 0 saturated carbocycles. The van der Waals surface area contributed by atoms with Gasteiger partial charge in [-0.15, -0.1) is 0 Å². The highest BCUT2D eigenvalue weighted by atomic mass is 35.5. The summed E-state index contributed by atoms with van der Waals surface area (Å²) >= 11 is 5.38. The standard InChI is InChI=1S/C13H15ClO3/c1-13(2,12(14)16)8-11(15)17-9-10-6-4-3-5-7-10/h3-7H,8-9H2,1-2H3. The Balaban J connectivity index is 2.44. The van der Waals surface area contributed by atoms with Crippen LogP contribution in [0.4, 0.5) is 0 Å². The van der Waals surface area contributed by atoms with Crippen molar-refractivity contribution < 1.29 is 14.3 Å². The van der Waals surface area contributed by atoms with E-state index in [4.69, 9.17) is 16.3 Å². The van der Waals surface area contributed by atoms with Crippen molar-refractivity contribution in [3.05, 3.63) is 35.9 Å². The van der Waals surface area contributed by atoms with Gasteiger partial charge in [0.1, 0.15) is 6.61 Å². The van der Waals surface area contributed by atoms with E-state index >= 15 is 0 Å². The molecule has 4 heteroatoms. The third-order valence-corrected chi connectivity index (χ3v) is 2.87. The Morgan fingerprint density at radius 2 is 1.82 bits per heavy atom. The molecular weight excluding hydrogens is 240 g/mol. The molecule has 92 valence electrons. The summed E-state index contributed by atoms with van der Waals surface area (Å²) in [4.78, 5) is 22.5. The molecule has 1 rings (SSSR count). The molecule has 17 heavy (non-hydrogen) atoms. The lowest BCUT2D eigenvalue weighted by molar-refractivity contribution is -0.148. The number of rotatable bonds is 5. The van der Waals surface area contributed by atoms with Gasteiger partial charge in [-0.05, 0) is 17.2 Å². The molecule has 0 aromatic heterocycles. The molecule has 0 aliphatic rings. The minimum atomic E-state index is -0.880. The summed E-state index contributed by atoms with van der Waals surface area (Å²) in [5.41, 5.74) is 0.0332. The maximum Gasteiger partial charge on any atom is 0.307 e. The molecule has 0 spiro atoms. The maximum atomic E-state index is 11.5. The quantitative estimate of drug-likeness (QED) is 0.599. The normalized spacial score (nSPS) is 11.0. The van der Waals surface area contributed by atoms with Crippen molar-refractivity contribution >= 4 is 22.8 Å². The summed E-state index contributed by atoms with van der Waals surface area (Å²) in [5, 5.41) is -0.533. The van der Waals surface area contributed by atoms with Crippen molar-refractivity contribution in [1.82, 2.24) is 0 Å². The van der Waals surface area contributed by atoms with Gasteiger partial charge in [-0.3, -0.25) is 9.59 Å². The molecule has 0 heterocycles. The van der Waals surface area contributed by atoms with Crippen molar-refractivity contribution in [2.75, 3.05) is 0 Å². The first-order chi connectivity index (χ1) is 7.92. The van der Waals surface area contributed by atoms with Gasteiger partial charge in [0.25, 0.3) is 0 Å². The Bertz CT molecular complexity index is 398. The largest absolute Gasteiger partial charge is 0.461 e. The molecule has 0 fully saturated rings. The summed E-state index contributed by atoms with van der Waals surface area (Å²) in [6.07, 6.45) is -0.0117. The highest BCUT2D eigenvalue weighted by molar-refractivity contribution is 6.64. The first kappa shape index (κ1) is 13.7. The van der Waals surface area contributed by atoms with Gasteiger partial charge < -0.3 is 4.74 Å². The minimum Gasteiger partial charge on any atom is -0.461 e. The number of halogens is 1. The predicted molar refractivity (Wildman–Crippen MR) is 65.5 cm³/mol. The Morgan fingerprint density at radius 3 is 2.35 bits per heavy atom. The first-order valence-corrected chi connectivity index (χ1v) is 5.69. The molecular formula is C13H15ClO3. The van der Waals surface area contributed by atoms with Gasteiger partial charge in [0.2, 0.25) is 5.24 Å². The van der Waals surface area contributed by atoms with E-state index in [0.717, 1.165) is 5.56 Å². The monoisotopic (exact) mass is 254 g/mol. The Labute approximate surface area is 106 Å². The number of ether oxygens (including phenoxy) is 1. The molecule has 1 aromatic carbocycles. The van der Waals surface area contributed by atoms with Gasteiger partial charge in [0, 0.05) is 5.41 Å². The lowest BCUT2D eigenvalue weighted by Gasteiger charge is -2.17. The second-order valence-electron chi connectivity index (χ2n) is 4.48. The number of benzene rings is 1. The Hall–Kier alpha value is -1.35. The minimum absolute atomic E-state index is 0.0117. The topological polar surface area (TPSA) is 43.4 Å². The fourth-order valence-electron chi connectivity index (χ4n) is 1.22. The van der Waals surface area contributed by atoms with Crippen LogP contribution in [0.1, 0.15) is 25.8 Å². The van der Waals surface area contributed by atoms with E-state index in [-0.39, 0.29) is 13.0 Å². The van der Waals surface area contributed by atoms with Gasteiger partial charge >= 0.3 is 5.97 Å². The Morgan fingerprint density at radius 1 is 1.24 bits per heavy atom. The second-order valence-corrected chi connectivity index (χ2v) is 4.82. The molecule has 0 aliphatic heterocycles. The molecule has 0 radical (unpaired) electrons. The van der Waals surface area contributed by atoms with E-state index in [2.05, 4.69) is 0 Å². The third kappa shape index (κ3) is 4.57. The molecule has 1 aromatic rings. The van der Waals surface area contributed by atoms with Gasteiger partial charge in [-0.25, -0.2) is 0 Å². The molecule has 0 N–H and O–H groups in total. The van der Waals surface area contributed by atoms with Crippen LogP contribution >= 0.6 is 11.6 Å². The van der Waals surface area contributed by atoms with E-state index in [0.29, 0.717) is 0 Å². The molecule has 0 atom stereocenters. The number of carbonyl (C=O) groups is 2. The van der Waals surface area contributed by atoms with Crippen LogP contribution in [-0.2, 0) is 20.9 Å². The summed E-state index contributed by atoms with van der Waals surface area (Å²) in [5.74, 6) is -0.423. The summed E-state index contributed by atoms with van der Waals surface area (Å²) in [6, 6.07) is 9.36. The van der Waals surface area contributed by atoms with E-state index in [1.165, 1.54) is 0 Å². The number of esters is 1. The molecule has 0 amide bonds. The van der Waals surface area contributed by atoms with Crippen molar-refractivity contribution in [1.29, 1.82) is 0 Å². The van der Waals surface area contributed by atoms with Crippen LogP contribution in [0.3, 0.4) is 0 Å². The molecule has 0 unspecified atom stereocenters. The summed E-state index contributed by atoms with van der Waals surface area (Å²) in [7, 11) is 0. The molecule has 3 nitrogen and oxygen atoms in total. The average molecular weight is 255 g/mol. The molecule has 0 bridgehead atoms. The van der Waals surface area contributed by atoms with E-state index in [1.54, 1.807) is 13.8 Å². The fourth-order valence-corrected chi connectivity index (χ4v) is 1.29. The van der Waals surface area contributed by atoms with Crippen molar-refractivity contribution in [2.24, 2.45) is 5.41 Å². The molecule has 0 aliphatic carbocycles. The van der Waals surface area contributed by atoms with Crippen molar-refractivity contribution in [2.45, 2.75) is 26.9 Å². The number of carbonyl (C=O) groups excluding carboxylic acids is 2. The van der Waals surface area contributed by atoms with Gasteiger partial charge in [-0.2, -0.15) is 0 Å². The third-order valence-electron chi connectivity index (χ3n) is 2.36. The first-order valence-electron chi connectivity index (χ1n) is 5.31. The van der Waals surface area contributed by atoms with Crippen molar-refractivity contribution in [3.63, 3.8) is 0 Å². The van der Waals surface area contributed by atoms with E-state index < -0.39 is 16.6 Å². The van der Waals surface area contributed by atoms with Crippen LogP contribution in [-0.4, -0.2) is 11.2 Å². The highest BCUT2D eigenvalue weighted by Crippen LogP contribution is 2.24. The number of hydrogen-bond acceptors (Lipinski definition) is 3. The maximum absolute atomic E-state index is 11.5. The van der Waals surface area contributed by atoms with E-state index in [1.807, 2.05) is 30.3 Å². The lowest BCUT2D eigenvalue weighted by Crippen LogP contribution is -2.24. The van der Waals surface area contributed by atoms with Crippen LogP contribution < -0.4 is 0 Å². The lowest BCUT2D eigenvalue weighted by atomic mass is 9.91. The van der Waals surface area contributed by atoms with Crippen molar-refractivity contribution in [3.8, 4) is 0 Å². The predicted octanol–water partition coefficient (Wildman–Crippen LogP) is 2.91. The summed E-state index contributed by atoms with van der Waals surface area (Å²) in [6.45, 7) is 3.45. The van der Waals surface area contributed by atoms with Crippen LogP contribution in [0.25, 0.3) is 0 Å². The van der Waals surface area contributed by atoms with E-state index in [9.17, 15) is 9.59 Å². The zero-order valence-corrected chi connectivity index (χ0v) is 10.7. The molecule has 0 saturated heterocycles. The van der Waals surface area contributed by atoms with Crippen LogP contribution in [0.5, 0.6) is 0 Å². The van der Waals surface area contributed by atoms with Gasteiger partial charge in [0.05, 0.1) is 6.42 Å². The summed E-state index contributed by atoms with van der Waals surface area (Å²) < 4.78 is 5.06. The zero-order valence-electron chi connectivity index (χ0n) is 9.90. The van der Waals surface area contributed by atoms with Gasteiger partial charge in [-0.1, -0.05) is 44.2 Å². The SMILES string of the molecule is CC(C)(CC(=O)OCc1ccccc1)C(=O)Cl. The van der Waals surface area contributed by atoms with Crippen LogP contribution in [0, 0.1) is 5.41 Å². The van der Waals surface area contributed by atoms with Crippen LogP contribution in [0.2, 0.25) is 0 Å².